The average molecular weight is 175 g/mol. The lowest BCUT2D eigenvalue weighted by Crippen LogP contribution is -2.12. The molecule has 2 aromatic rings. The molecule has 0 saturated heterocycles. The molecule has 0 unspecified atom stereocenters. The third-order valence-corrected chi connectivity index (χ3v) is 2.13. The fourth-order valence-electron chi connectivity index (χ4n) is 1.23. The molecule has 0 atom stereocenters. The zero-order valence-corrected chi connectivity index (χ0v) is 8.15. The summed E-state index contributed by atoms with van der Waals surface area (Å²) in [5.41, 5.74) is 2.44. The Hall–Kier alpha value is -1.38. The van der Waals surface area contributed by atoms with E-state index in [0.29, 0.717) is 0 Å². The molecule has 0 N–H and O–H groups in total. The van der Waals surface area contributed by atoms with Gasteiger partial charge in [-0.3, -0.25) is 0 Å². The molecule has 2 heterocycles. The topological polar surface area (TPSA) is 30.2 Å². The summed E-state index contributed by atoms with van der Waals surface area (Å²) < 4.78 is 1.63. The van der Waals surface area contributed by atoms with E-state index < -0.39 is 0 Å². The van der Waals surface area contributed by atoms with Crippen molar-refractivity contribution < 1.29 is 0 Å². The Balaban J connectivity index is 2.61. The van der Waals surface area contributed by atoms with Crippen LogP contribution in [0.3, 0.4) is 0 Å². The maximum atomic E-state index is 4.21. The van der Waals surface area contributed by atoms with Crippen molar-refractivity contribution in [1.82, 2.24) is 14.8 Å². The molecule has 13 heavy (non-hydrogen) atoms. The van der Waals surface area contributed by atoms with Gasteiger partial charge in [-0.15, -0.1) is 0 Å². The van der Waals surface area contributed by atoms with Crippen LogP contribution < -0.4 is 0 Å². The van der Waals surface area contributed by atoms with Crippen molar-refractivity contribution in [2.45, 2.75) is 26.2 Å². The van der Waals surface area contributed by atoms with Gasteiger partial charge < -0.3 is 0 Å². The summed E-state index contributed by atoms with van der Waals surface area (Å²) in [5.74, 6) is 0. The summed E-state index contributed by atoms with van der Waals surface area (Å²) >= 11 is 0. The summed E-state index contributed by atoms with van der Waals surface area (Å²) in [7, 11) is 0. The maximum absolute atomic E-state index is 4.21. The van der Waals surface area contributed by atoms with E-state index in [4.69, 9.17) is 0 Å². The van der Waals surface area contributed by atoms with Gasteiger partial charge in [-0.05, 0) is 23.1 Å². The smallest absolute Gasteiger partial charge is 0.0876 e. The van der Waals surface area contributed by atoms with Gasteiger partial charge >= 0.3 is 0 Å². The lowest BCUT2D eigenvalue weighted by Gasteiger charge is -2.17. The Kier molecular flexibility index (Phi) is 1.62. The van der Waals surface area contributed by atoms with Gasteiger partial charge in [0.15, 0.2) is 0 Å². The highest BCUT2D eigenvalue weighted by atomic mass is 15.4. The highest BCUT2D eigenvalue weighted by Gasteiger charge is 2.14. The van der Waals surface area contributed by atoms with Gasteiger partial charge in [0, 0.05) is 0 Å². The predicted octanol–water partition coefficient (Wildman–Crippen LogP) is 2.03. The van der Waals surface area contributed by atoms with Crippen molar-refractivity contribution in [3.05, 3.63) is 30.1 Å². The molecule has 2 aromatic heterocycles. The van der Waals surface area contributed by atoms with Crippen LogP contribution in [0.15, 0.2) is 24.5 Å². The summed E-state index contributed by atoms with van der Waals surface area (Å²) in [6.07, 6.45) is 3.63. The molecule has 0 aliphatic heterocycles. The molecule has 0 spiro atoms. The van der Waals surface area contributed by atoms with Gasteiger partial charge in [0.05, 0.1) is 17.9 Å². The second-order valence-corrected chi connectivity index (χ2v) is 4.24. The van der Waals surface area contributed by atoms with Crippen LogP contribution in [-0.2, 0) is 5.41 Å². The quantitative estimate of drug-likeness (QED) is 0.613. The summed E-state index contributed by atoms with van der Waals surface area (Å²) in [5, 5.41) is 8.26. The molecule has 0 amide bonds. The van der Waals surface area contributed by atoms with Crippen LogP contribution in [0.25, 0.3) is 5.52 Å². The molecule has 0 bridgehead atoms. The molecule has 0 saturated carbocycles. The Labute approximate surface area is 77.4 Å². The van der Waals surface area contributed by atoms with Crippen molar-refractivity contribution in [1.29, 1.82) is 0 Å². The van der Waals surface area contributed by atoms with Crippen molar-refractivity contribution in [3.8, 4) is 0 Å². The number of hydrogen-bond donors (Lipinski definition) is 0. The number of aromatic nitrogens is 3. The van der Waals surface area contributed by atoms with Crippen LogP contribution in [0.2, 0.25) is 0 Å². The van der Waals surface area contributed by atoms with Gasteiger partial charge in [-0.2, -0.15) is 14.8 Å². The highest BCUT2D eigenvalue weighted by molar-refractivity contribution is 5.46. The second-order valence-electron chi connectivity index (χ2n) is 4.24. The van der Waals surface area contributed by atoms with Crippen molar-refractivity contribution in [2.75, 3.05) is 0 Å². The van der Waals surface area contributed by atoms with Gasteiger partial charge in [-0.25, -0.2) is 0 Å². The van der Waals surface area contributed by atoms with Gasteiger partial charge in [-0.1, -0.05) is 20.8 Å². The van der Waals surface area contributed by atoms with E-state index in [-0.39, 0.29) is 5.41 Å². The predicted molar refractivity (Wildman–Crippen MR) is 51.7 cm³/mol. The first-order valence-electron chi connectivity index (χ1n) is 4.38. The van der Waals surface area contributed by atoms with E-state index in [9.17, 15) is 0 Å². The van der Waals surface area contributed by atoms with Crippen molar-refractivity contribution in [3.63, 3.8) is 0 Å². The molecule has 0 radical (unpaired) electrons. The van der Waals surface area contributed by atoms with E-state index in [1.807, 2.05) is 12.3 Å². The van der Waals surface area contributed by atoms with E-state index in [1.165, 1.54) is 5.56 Å². The van der Waals surface area contributed by atoms with Crippen LogP contribution in [0.4, 0.5) is 0 Å². The molecule has 3 nitrogen and oxygen atoms in total. The fraction of sp³-hybridized carbons (Fsp3) is 0.400. The molecule has 0 aromatic carbocycles. The Morgan fingerprint density at radius 3 is 2.69 bits per heavy atom. The van der Waals surface area contributed by atoms with Crippen LogP contribution >= 0.6 is 0 Å². The van der Waals surface area contributed by atoms with E-state index in [0.717, 1.165) is 5.52 Å². The molecule has 2 rings (SSSR count). The first-order chi connectivity index (χ1) is 6.07. The third-order valence-electron chi connectivity index (χ3n) is 2.13. The number of fused-ring (bicyclic) bond motifs is 1. The zero-order valence-electron chi connectivity index (χ0n) is 8.15. The number of nitrogens with zero attached hydrogens (tertiary/aromatic N) is 3. The lowest BCUT2D eigenvalue weighted by molar-refractivity contribution is 0.582. The van der Waals surface area contributed by atoms with Gasteiger partial charge in [0.2, 0.25) is 0 Å². The third kappa shape index (κ3) is 1.41. The molecule has 0 fully saturated rings. The minimum atomic E-state index is 0.152. The molecular weight excluding hydrogens is 162 g/mol. The fourth-order valence-corrected chi connectivity index (χ4v) is 1.23. The van der Waals surface area contributed by atoms with Crippen LogP contribution in [0, 0.1) is 0 Å². The summed E-state index contributed by atoms with van der Waals surface area (Å²) in [4.78, 5) is 0. The zero-order chi connectivity index (χ0) is 9.47. The molecular formula is C10H13N3. The van der Waals surface area contributed by atoms with E-state index >= 15 is 0 Å². The van der Waals surface area contributed by atoms with Crippen molar-refractivity contribution in [2.24, 2.45) is 0 Å². The summed E-state index contributed by atoms with van der Waals surface area (Å²) in [6.45, 7) is 6.53. The number of hydrogen-bond acceptors (Lipinski definition) is 2. The van der Waals surface area contributed by atoms with Crippen LogP contribution in [-0.4, -0.2) is 14.8 Å². The Morgan fingerprint density at radius 1 is 1.23 bits per heavy atom. The Bertz CT molecular complexity index is 423. The second kappa shape index (κ2) is 2.55. The van der Waals surface area contributed by atoms with Crippen molar-refractivity contribution >= 4 is 5.52 Å². The SMILES string of the molecule is CC(C)(C)c1cnn2nccc2c1. The normalized spacial score (nSPS) is 12.2. The lowest BCUT2D eigenvalue weighted by atomic mass is 9.88. The van der Waals surface area contributed by atoms with Crippen LogP contribution in [0.1, 0.15) is 26.3 Å². The number of rotatable bonds is 0. The minimum absolute atomic E-state index is 0.152. The molecule has 0 aliphatic rings. The standard InChI is InChI=1S/C10H13N3/c1-10(2,3)8-6-9-4-5-11-13(9)12-7-8/h4-7H,1-3H3. The minimum Gasteiger partial charge on any atom is -0.159 e. The highest BCUT2D eigenvalue weighted by Crippen LogP contribution is 2.21. The first kappa shape index (κ1) is 8.23. The maximum Gasteiger partial charge on any atom is 0.0876 e. The van der Waals surface area contributed by atoms with Gasteiger partial charge in [0.25, 0.3) is 0 Å². The molecule has 3 heteroatoms. The van der Waals surface area contributed by atoms with E-state index in [2.05, 4.69) is 37.0 Å². The average Bonchev–Trinajstić information content (AvgIpc) is 2.47. The monoisotopic (exact) mass is 175 g/mol. The Morgan fingerprint density at radius 2 is 2.00 bits per heavy atom. The van der Waals surface area contributed by atoms with E-state index in [1.54, 1.807) is 10.8 Å². The molecule has 0 aliphatic carbocycles. The van der Waals surface area contributed by atoms with Crippen LogP contribution in [0.5, 0.6) is 0 Å². The largest absolute Gasteiger partial charge is 0.159 e. The first-order valence-corrected chi connectivity index (χ1v) is 4.38. The summed E-state index contributed by atoms with van der Waals surface area (Å²) in [6, 6.07) is 4.09. The molecule has 68 valence electrons. The van der Waals surface area contributed by atoms with Gasteiger partial charge in [0.1, 0.15) is 0 Å².